The van der Waals surface area contributed by atoms with E-state index in [9.17, 15) is 19.5 Å². The zero-order chi connectivity index (χ0) is 26.6. The molecule has 1 aliphatic heterocycles. The van der Waals surface area contributed by atoms with E-state index in [1.54, 1.807) is 18.2 Å². The molecular weight excluding hydrogens is 534 g/mol. The number of nitrogens with one attached hydrogen (secondary N) is 1. The summed E-state index contributed by atoms with van der Waals surface area (Å²) in [6.45, 7) is 2.63. The molecule has 0 unspecified atom stereocenters. The largest absolute Gasteiger partial charge is 0.481 e. The van der Waals surface area contributed by atoms with Crippen LogP contribution in [0.5, 0.6) is 0 Å². The number of carboxylic acid groups (broad SMARTS) is 1. The Morgan fingerprint density at radius 2 is 1.97 bits per heavy atom. The maximum absolute atomic E-state index is 13.3. The van der Waals surface area contributed by atoms with Crippen LogP contribution in [0.4, 0.5) is 11.5 Å². The van der Waals surface area contributed by atoms with Gasteiger partial charge in [-0.05, 0) is 24.3 Å². The van der Waals surface area contributed by atoms with E-state index >= 15 is 0 Å². The van der Waals surface area contributed by atoms with E-state index in [1.807, 2.05) is 11.0 Å². The summed E-state index contributed by atoms with van der Waals surface area (Å²) in [5, 5.41) is 17.1. The highest BCUT2D eigenvalue weighted by molar-refractivity contribution is 7.16. The highest BCUT2D eigenvalue weighted by Crippen LogP contribution is 2.28. The van der Waals surface area contributed by atoms with Crippen molar-refractivity contribution in [3.63, 3.8) is 0 Å². The van der Waals surface area contributed by atoms with Gasteiger partial charge >= 0.3 is 5.97 Å². The lowest BCUT2D eigenvalue weighted by molar-refractivity contribution is -0.137. The van der Waals surface area contributed by atoms with Crippen molar-refractivity contribution in [2.45, 2.75) is 19.5 Å². The topological polar surface area (TPSA) is 132 Å². The van der Waals surface area contributed by atoms with Gasteiger partial charge in [0.25, 0.3) is 11.5 Å². The van der Waals surface area contributed by atoms with Crippen LogP contribution in [0.2, 0.25) is 4.34 Å². The van der Waals surface area contributed by atoms with Crippen molar-refractivity contribution in [2.24, 2.45) is 0 Å². The van der Waals surface area contributed by atoms with E-state index in [4.69, 9.17) is 20.8 Å². The molecule has 1 aliphatic rings. The zero-order valence-corrected chi connectivity index (χ0v) is 21.7. The van der Waals surface area contributed by atoms with Crippen LogP contribution in [-0.2, 0) is 22.6 Å². The van der Waals surface area contributed by atoms with Crippen LogP contribution in [0.15, 0.2) is 58.1 Å². The molecule has 13 heteroatoms. The number of aliphatic carboxylic acids is 1. The number of carbonyl (C=O) groups excluding carboxylic acids is 1. The molecule has 0 spiro atoms. The molecule has 4 aromatic rings. The fraction of sp³-hybridized carbons (Fsp3) is 0.280. The minimum atomic E-state index is -1.03. The minimum Gasteiger partial charge on any atom is -0.481 e. The van der Waals surface area contributed by atoms with Crippen molar-refractivity contribution >= 4 is 46.3 Å². The molecule has 0 aromatic carbocycles. The van der Waals surface area contributed by atoms with Crippen LogP contribution in [0.1, 0.15) is 21.7 Å². The molecule has 1 saturated heterocycles. The first-order valence-corrected chi connectivity index (χ1v) is 13.0. The number of carboxylic acids is 1. The molecule has 38 heavy (non-hydrogen) atoms. The molecule has 0 saturated carbocycles. The molecule has 5 heterocycles. The van der Waals surface area contributed by atoms with E-state index < -0.39 is 11.9 Å². The number of hydrogen-bond acceptors (Lipinski definition) is 9. The third-order valence-electron chi connectivity index (χ3n) is 6.04. The number of ether oxygens (including phenoxy) is 1. The summed E-state index contributed by atoms with van der Waals surface area (Å²) in [5.41, 5.74) is 1.36. The lowest BCUT2D eigenvalue weighted by atomic mass is 10.2. The average molecular weight is 558 g/mol. The molecule has 2 N–H and O–H groups in total. The van der Waals surface area contributed by atoms with Gasteiger partial charge in [0.2, 0.25) is 0 Å². The molecule has 0 aliphatic carbocycles. The van der Waals surface area contributed by atoms with Crippen molar-refractivity contribution in [1.29, 1.82) is 0 Å². The van der Waals surface area contributed by atoms with Crippen LogP contribution in [0.3, 0.4) is 0 Å². The third kappa shape index (κ3) is 5.67. The SMILES string of the molecule is O=C(O)CCn1c(-c2cc(NCc3ccc(Cl)s3)n(C(=O)c3ccoc3)n2)cc(N2CCOCC2)cc1=O. The van der Waals surface area contributed by atoms with E-state index in [2.05, 4.69) is 10.4 Å². The molecule has 198 valence electrons. The van der Waals surface area contributed by atoms with Gasteiger partial charge in [-0.3, -0.25) is 14.4 Å². The molecule has 4 aromatic heterocycles. The van der Waals surface area contributed by atoms with Gasteiger partial charge < -0.3 is 29.0 Å². The summed E-state index contributed by atoms with van der Waals surface area (Å²) in [6, 6.07) is 10.2. The number of carbonyl (C=O) groups is 2. The predicted molar refractivity (Wildman–Crippen MR) is 142 cm³/mol. The first-order chi connectivity index (χ1) is 18.4. The first-order valence-electron chi connectivity index (χ1n) is 11.8. The van der Waals surface area contributed by atoms with Crippen molar-refractivity contribution in [3.8, 4) is 11.4 Å². The summed E-state index contributed by atoms with van der Waals surface area (Å²) in [7, 11) is 0. The van der Waals surface area contributed by atoms with Gasteiger partial charge in [0, 0.05) is 42.3 Å². The molecule has 0 radical (unpaired) electrons. The molecular formula is C25H24ClN5O6S. The highest BCUT2D eigenvalue weighted by Gasteiger charge is 2.22. The summed E-state index contributed by atoms with van der Waals surface area (Å²) >= 11 is 7.47. The van der Waals surface area contributed by atoms with Gasteiger partial charge in [0.05, 0.1) is 48.0 Å². The van der Waals surface area contributed by atoms with Crippen molar-refractivity contribution in [1.82, 2.24) is 14.3 Å². The number of aromatic nitrogens is 3. The maximum atomic E-state index is 13.3. The Morgan fingerprint density at radius 1 is 1.16 bits per heavy atom. The molecule has 0 atom stereocenters. The fourth-order valence-corrected chi connectivity index (χ4v) is 5.18. The standard InChI is InChI=1S/C25H24ClN5O6S/c26-21-2-1-18(38-21)14-27-22-13-19(28-31(22)25(35)16-4-8-37-15-16)20-11-17(29-6-9-36-10-7-29)12-23(32)30(20)5-3-24(33)34/h1-2,4,8,11-13,15,27H,3,5-7,9-10,14H2,(H,33,34). The van der Waals surface area contributed by atoms with Crippen LogP contribution in [0, 0.1) is 0 Å². The Balaban J connectivity index is 1.58. The summed E-state index contributed by atoms with van der Waals surface area (Å²) in [5.74, 6) is -1.07. The van der Waals surface area contributed by atoms with Gasteiger partial charge in [-0.2, -0.15) is 9.78 Å². The molecule has 1 fully saturated rings. The van der Waals surface area contributed by atoms with Gasteiger partial charge in [-0.1, -0.05) is 11.6 Å². The van der Waals surface area contributed by atoms with Crippen molar-refractivity contribution < 1.29 is 23.8 Å². The second-order valence-corrected chi connectivity index (χ2v) is 10.3. The number of thiophene rings is 1. The van der Waals surface area contributed by atoms with Crippen molar-refractivity contribution in [2.75, 3.05) is 36.5 Å². The third-order valence-corrected chi connectivity index (χ3v) is 7.27. The normalized spacial score (nSPS) is 13.6. The Bertz CT molecular complexity index is 1500. The van der Waals surface area contributed by atoms with E-state index in [1.165, 1.54) is 45.2 Å². The van der Waals surface area contributed by atoms with E-state index in [-0.39, 0.29) is 18.5 Å². The molecule has 5 rings (SSSR count). The Kier molecular flexibility index (Phi) is 7.63. The second-order valence-electron chi connectivity index (χ2n) is 8.53. The van der Waals surface area contributed by atoms with Gasteiger partial charge in [-0.25, -0.2) is 0 Å². The fourth-order valence-electron chi connectivity index (χ4n) is 4.16. The smallest absolute Gasteiger partial charge is 0.305 e. The molecule has 0 amide bonds. The van der Waals surface area contributed by atoms with Crippen LogP contribution in [0.25, 0.3) is 11.4 Å². The quantitative estimate of drug-likeness (QED) is 0.316. The first kappa shape index (κ1) is 25.8. The monoisotopic (exact) mass is 557 g/mol. The van der Waals surface area contributed by atoms with E-state index in [0.29, 0.717) is 65.6 Å². The lowest BCUT2D eigenvalue weighted by Crippen LogP contribution is -2.37. The summed E-state index contributed by atoms with van der Waals surface area (Å²) < 4.78 is 13.7. The summed E-state index contributed by atoms with van der Waals surface area (Å²) in [6.07, 6.45) is 2.48. The second kappa shape index (κ2) is 11.3. The number of furan rings is 1. The minimum absolute atomic E-state index is 0.0497. The average Bonchev–Trinajstić information content (AvgIpc) is 3.68. The van der Waals surface area contributed by atoms with Gasteiger partial charge in [0.15, 0.2) is 0 Å². The lowest BCUT2D eigenvalue weighted by Gasteiger charge is -2.29. The number of nitrogens with zero attached hydrogens (tertiary/aromatic N) is 4. The molecule has 11 nitrogen and oxygen atoms in total. The zero-order valence-electron chi connectivity index (χ0n) is 20.1. The number of anilines is 2. The number of pyridine rings is 1. The van der Waals surface area contributed by atoms with Gasteiger partial charge in [0.1, 0.15) is 17.8 Å². The van der Waals surface area contributed by atoms with Crippen LogP contribution < -0.4 is 15.8 Å². The number of hydrogen-bond donors (Lipinski definition) is 2. The Morgan fingerprint density at radius 3 is 2.66 bits per heavy atom. The van der Waals surface area contributed by atoms with E-state index in [0.717, 1.165) is 4.88 Å². The number of rotatable bonds is 9. The summed E-state index contributed by atoms with van der Waals surface area (Å²) in [4.78, 5) is 40.8. The highest BCUT2D eigenvalue weighted by atomic mass is 35.5. The number of halogens is 1. The maximum Gasteiger partial charge on any atom is 0.305 e. The Hall–Kier alpha value is -3.87. The molecule has 0 bridgehead atoms. The Labute approximate surface area is 225 Å². The van der Waals surface area contributed by atoms with Crippen LogP contribution in [-0.4, -0.2) is 57.6 Å². The number of morpholine rings is 1. The van der Waals surface area contributed by atoms with Crippen LogP contribution >= 0.6 is 22.9 Å². The predicted octanol–water partition coefficient (Wildman–Crippen LogP) is 3.63. The van der Waals surface area contributed by atoms with Gasteiger partial charge in [-0.15, -0.1) is 11.3 Å². The van der Waals surface area contributed by atoms with Crippen molar-refractivity contribution in [3.05, 3.63) is 74.1 Å².